The normalized spacial score (nSPS) is 24.8. The van der Waals surface area contributed by atoms with Crippen LogP contribution in [0.3, 0.4) is 0 Å². The summed E-state index contributed by atoms with van der Waals surface area (Å²) in [6.45, 7) is -0.769. The number of nitrogens with one attached hydrogen (secondary N) is 1. The predicted molar refractivity (Wildman–Crippen MR) is 116 cm³/mol. The zero-order valence-electron chi connectivity index (χ0n) is 17.8. The summed E-state index contributed by atoms with van der Waals surface area (Å²) >= 11 is 0. The monoisotopic (exact) mass is 460 g/mol. The van der Waals surface area contributed by atoms with E-state index in [1.54, 1.807) is 36.4 Å². The Hall–Kier alpha value is -3.02. The molecule has 1 fully saturated rings. The molecule has 1 heterocycles. The lowest BCUT2D eigenvalue weighted by atomic mass is 9.99. The molecule has 10 heteroatoms. The number of rotatable bonds is 9. The van der Waals surface area contributed by atoms with Gasteiger partial charge in [0, 0.05) is 5.56 Å². The highest BCUT2D eigenvalue weighted by atomic mass is 16.7. The maximum atomic E-state index is 12.0. The van der Waals surface area contributed by atoms with Gasteiger partial charge in [-0.3, -0.25) is 9.59 Å². The third-order valence-corrected chi connectivity index (χ3v) is 5.39. The molecule has 1 aliphatic rings. The van der Waals surface area contributed by atoms with Gasteiger partial charge in [-0.1, -0.05) is 30.3 Å². The number of amides is 2. The molecule has 3 rings (SSSR count). The van der Waals surface area contributed by atoms with E-state index in [4.69, 9.17) is 15.2 Å². The standard InChI is InChI=1S/C23H28N2O8/c24-18(27)11-25-22(31)15-9-6-13(7-10-15)5-8-14-3-1-2-4-16(14)32-23-21(30)20(29)19(28)17(12-26)33-23/h1-4,6-7,9-10,17,19-21,23,26,28-30H,5,8,11-12H2,(H2,24,27)(H,25,31)/t17-,19-,20+,21-,23-/m1/s1. The van der Waals surface area contributed by atoms with Crippen LogP contribution in [0, 0.1) is 0 Å². The van der Waals surface area contributed by atoms with Crippen LogP contribution in [-0.2, 0) is 22.4 Å². The molecule has 5 atom stereocenters. The van der Waals surface area contributed by atoms with E-state index in [9.17, 15) is 30.0 Å². The first-order valence-corrected chi connectivity index (χ1v) is 10.5. The number of primary amides is 1. The zero-order valence-corrected chi connectivity index (χ0v) is 17.8. The summed E-state index contributed by atoms with van der Waals surface area (Å²) in [7, 11) is 0. The molecule has 0 aliphatic carbocycles. The van der Waals surface area contributed by atoms with E-state index in [2.05, 4.69) is 5.32 Å². The van der Waals surface area contributed by atoms with E-state index in [0.29, 0.717) is 24.2 Å². The second kappa shape index (κ2) is 11.2. The molecule has 0 spiro atoms. The van der Waals surface area contributed by atoms with Gasteiger partial charge in [-0.25, -0.2) is 0 Å². The minimum absolute atomic E-state index is 0.230. The maximum absolute atomic E-state index is 12.0. The van der Waals surface area contributed by atoms with Gasteiger partial charge in [0.05, 0.1) is 13.2 Å². The third kappa shape index (κ3) is 6.28. The number of para-hydroxylation sites is 1. The first-order valence-electron chi connectivity index (χ1n) is 10.5. The summed E-state index contributed by atoms with van der Waals surface area (Å²) in [5, 5.41) is 41.9. The molecule has 2 aromatic rings. The van der Waals surface area contributed by atoms with Crippen molar-refractivity contribution in [1.29, 1.82) is 0 Å². The summed E-state index contributed by atoms with van der Waals surface area (Å²) in [4.78, 5) is 22.8. The summed E-state index contributed by atoms with van der Waals surface area (Å²) in [6.07, 6.45) is -5.60. The van der Waals surface area contributed by atoms with Gasteiger partial charge >= 0.3 is 0 Å². The fraction of sp³-hybridized carbons (Fsp3) is 0.391. The Morgan fingerprint density at radius 2 is 1.67 bits per heavy atom. The Kier molecular flexibility index (Phi) is 8.37. The molecule has 1 aliphatic heterocycles. The number of hydrogen-bond acceptors (Lipinski definition) is 8. The van der Waals surface area contributed by atoms with Crippen molar-refractivity contribution >= 4 is 11.8 Å². The first-order chi connectivity index (χ1) is 15.8. The topological polar surface area (TPSA) is 172 Å². The van der Waals surface area contributed by atoms with E-state index in [0.717, 1.165) is 11.1 Å². The number of ether oxygens (including phenoxy) is 2. The Morgan fingerprint density at radius 3 is 2.33 bits per heavy atom. The summed E-state index contributed by atoms with van der Waals surface area (Å²) in [6, 6.07) is 14.1. The highest BCUT2D eigenvalue weighted by molar-refractivity contribution is 5.96. The van der Waals surface area contributed by atoms with Crippen LogP contribution in [0.4, 0.5) is 0 Å². The highest BCUT2D eigenvalue weighted by Crippen LogP contribution is 2.27. The Labute approximate surface area is 190 Å². The quantitative estimate of drug-likeness (QED) is 0.273. The van der Waals surface area contributed by atoms with Crippen molar-refractivity contribution in [3.8, 4) is 5.75 Å². The van der Waals surface area contributed by atoms with E-state index in [1.165, 1.54) is 0 Å². The lowest BCUT2D eigenvalue weighted by Crippen LogP contribution is -2.60. The number of aliphatic hydroxyl groups is 4. The molecule has 0 bridgehead atoms. The summed E-state index contributed by atoms with van der Waals surface area (Å²) in [5.74, 6) is -0.576. The van der Waals surface area contributed by atoms with Crippen molar-refractivity contribution in [2.45, 2.75) is 43.5 Å². The molecule has 1 saturated heterocycles. The van der Waals surface area contributed by atoms with Gasteiger partial charge in [-0.2, -0.15) is 0 Å². The van der Waals surface area contributed by atoms with Gasteiger partial charge in [0.1, 0.15) is 30.2 Å². The molecular formula is C23H28N2O8. The molecule has 33 heavy (non-hydrogen) atoms. The molecule has 7 N–H and O–H groups in total. The Morgan fingerprint density at radius 1 is 0.970 bits per heavy atom. The van der Waals surface area contributed by atoms with Crippen molar-refractivity contribution in [1.82, 2.24) is 5.32 Å². The minimum Gasteiger partial charge on any atom is -0.462 e. The molecule has 0 unspecified atom stereocenters. The molecule has 0 aromatic heterocycles. The van der Waals surface area contributed by atoms with Crippen LogP contribution in [0.25, 0.3) is 0 Å². The smallest absolute Gasteiger partial charge is 0.251 e. The van der Waals surface area contributed by atoms with Crippen LogP contribution in [-0.4, -0.2) is 76.1 Å². The number of aryl methyl sites for hydroxylation is 2. The van der Waals surface area contributed by atoms with Crippen molar-refractivity contribution < 1.29 is 39.5 Å². The lowest BCUT2D eigenvalue weighted by Gasteiger charge is -2.39. The van der Waals surface area contributed by atoms with Gasteiger partial charge in [-0.15, -0.1) is 0 Å². The van der Waals surface area contributed by atoms with Crippen molar-refractivity contribution in [3.63, 3.8) is 0 Å². The predicted octanol–water partition coefficient (Wildman–Crippen LogP) is -1.13. The largest absolute Gasteiger partial charge is 0.462 e. The highest BCUT2D eigenvalue weighted by Gasteiger charge is 2.44. The van der Waals surface area contributed by atoms with Crippen LogP contribution < -0.4 is 15.8 Å². The van der Waals surface area contributed by atoms with Gasteiger partial charge in [0.2, 0.25) is 12.2 Å². The van der Waals surface area contributed by atoms with Crippen molar-refractivity contribution in [2.75, 3.05) is 13.2 Å². The number of carbonyl (C=O) groups is 2. The van der Waals surface area contributed by atoms with Crippen molar-refractivity contribution in [3.05, 3.63) is 65.2 Å². The third-order valence-electron chi connectivity index (χ3n) is 5.39. The fourth-order valence-electron chi connectivity index (χ4n) is 3.49. The minimum atomic E-state index is -1.52. The zero-order chi connectivity index (χ0) is 24.0. The van der Waals surface area contributed by atoms with Crippen LogP contribution >= 0.6 is 0 Å². The number of hydrogen-bond donors (Lipinski definition) is 6. The van der Waals surface area contributed by atoms with Gasteiger partial charge in [0.15, 0.2) is 0 Å². The van der Waals surface area contributed by atoms with Crippen LogP contribution in [0.2, 0.25) is 0 Å². The molecule has 0 radical (unpaired) electrons. The van der Waals surface area contributed by atoms with E-state index in [1.807, 2.05) is 12.1 Å². The van der Waals surface area contributed by atoms with Crippen molar-refractivity contribution in [2.24, 2.45) is 5.73 Å². The second-order valence-electron chi connectivity index (χ2n) is 7.77. The number of nitrogens with two attached hydrogens (primary N) is 1. The van der Waals surface area contributed by atoms with Crippen LogP contribution in [0.15, 0.2) is 48.5 Å². The van der Waals surface area contributed by atoms with Crippen LogP contribution in [0.1, 0.15) is 21.5 Å². The lowest BCUT2D eigenvalue weighted by molar-refractivity contribution is -0.277. The van der Waals surface area contributed by atoms with Gasteiger partial charge in [0.25, 0.3) is 5.91 Å². The van der Waals surface area contributed by atoms with E-state index in [-0.39, 0.29) is 6.54 Å². The fourth-order valence-corrected chi connectivity index (χ4v) is 3.49. The SMILES string of the molecule is NC(=O)CNC(=O)c1ccc(CCc2ccccc2O[C@@H]2O[C@H](CO)[C@@H](O)[C@H](O)[C@H]2O)cc1. The second-order valence-corrected chi connectivity index (χ2v) is 7.77. The molecular weight excluding hydrogens is 432 g/mol. The van der Waals surface area contributed by atoms with E-state index >= 15 is 0 Å². The Balaban J connectivity index is 1.63. The Bertz CT molecular complexity index is 950. The average molecular weight is 460 g/mol. The summed E-state index contributed by atoms with van der Waals surface area (Å²) in [5.41, 5.74) is 7.21. The molecule has 10 nitrogen and oxygen atoms in total. The average Bonchev–Trinajstić information content (AvgIpc) is 2.82. The molecule has 2 amide bonds. The number of benzene rings is 2. The summed E-state index contributed by atoms with van der Waals surface area (Å²) < 4.78 is 11.2. The van der Waals surface area contributed by atoms with Gasteiger partial charge < -0.3 is 41.0 Å². The van der Waals surface area contributed by atoms with Gasteiger partial charge in [-0.05, 0) is 42.2 Å². The molecule has 0 saturated carbocycles. The van der Waals surface area contributed by atoms with E-state index < -0.39 is 49.1 Å². The number of aliphatic hydroxyl groups excluding tert-OH is 4. The first kappa shape index (κ1) is 24.6. The molecule has 178 valence electrons. The maximum Gasteiger partial charge on any atom is 0.251 e. The van der Waals surface area contributed by atoms with Crippen LogP contribution in [0.5, 0.6) is 5.75 Å². The number of carbonyl (C=O) groups excluding carboxylic acids is 2. The molecule has 2 aromatic carbocycles.